The summed E-state index contributed by atoms with van der Waals surface area (Å²) in [7, 11) is 1.32. The Hall–Kier alpha value is -1.64. The number of rotatable bonds is 1. The van der Waals surface area contributed by atoms with Crippen molar-refractivity contribution in [3.8, 4) is 0 Å². The van der Waals surface area contributed by atoms with Crippen LogP contribution in [0.15, 0.2) is 30.2 Å². The maximum atomic E-state index is 12.2. The molecule has 1 atom stereocenters. The fourth-order valence-electron chi connectivity index (χ4n) is 1.70. The Balaban J connectivity index is 2.77. The molecule has 78 valence electrons. The van der Waals surface area contributed by atoms with Crippen molar-refractivity contribution in [2.45, 2.75) is 18.8 Å². The van der Waals surface area contributed by atoms with Crippen LogP contribution in [-0.2, 0) is 15.0 Å². The lowest BCUT2D eigenvalue weighted by molar-refractivity contribution is -0.138. The van der Waals surface area contributed by atoms with E-state index in [1.165, 1.54) is 14.0 Å². The van der Waals surface area contributed by atoms with E-state index in [1.807, 2.05) is 0 Å². The lowest BCUT2D eigenvalue weighted by Gasteiger charge is -2.21. The number of benzene rings is 1. The van der Waals surface area contributed by atoms with Crippen molar-refractivity contribution in [3.05, 3.63) is 35.8 Å². The summed E-state index contributed by atoms with van der Waals surface area (Å²) in [5, 5.41) is 0. The van der Waals surface area contributed by atoms with Crippen LogP contribution < -0.4 is 0 Å². The Morgan fingerprint density at radius 3 is 2.40 bits per heavy atom. The summed E-state index contributed by atoms with van der Waals surface area (Å²) in [5.74, 6) is -0.981. The van der Waals surface area contributed by atoms with E-state index in [0.29, 0.717) is 0 Å². The van der Waals surface area contributed by atoms with E-state index in [-0.39, 0.29) is 12.0 Å². The summed E-state index contributed by atoms with van der Waals surface area (Å²) in [6.45, 7) is 1.44. The van der Waals surface area contributed by atoms with E-state index in [1.54, 1.807) is 0 Å². The Morgan fingerprint density at radius 1 is 1.33 bits per heavy atom. The molecule has 0 spiro atoms. The molecule has 1 aromatic carbocycles. The molecule has 1 heterocycles. The third kappa shape index (κ3) is 1.35. The molecule has 2 amide bonds. The van der Waals surface area contributed by atoms with Crippen molar-refractivity contribution >= 4 is 11.8 Å². The van der Waals surface area contributed by atoms with E-state index < -0.39 is 47.4 Å². The van der Waals surface area contributed by atoms with Crippen LogP contribution in [0.5, 0.6) is 0 Å². The summed E-state index contributed by atoms with van der Waals surface area (Å²) in [6.07, 6.45) is -0.198. The third-order valence-electron chi connectivity index (χ3n) is 2.71. The normalized spacial score (nSPS) is 30.8. The van der Waals surface area contributed by atoms with Gasteiger partial charge in [-0.25, -0.2) is 0 Å². The van der Waals surface area contributed by atoms with Gasteiger partial charge in [0.05, 0.1) is 12.3 Å². The number of carbonyl (C=O) groups excluding carboxylic acids is 2. The van der Waals surface area contributed by atoms with Gasteiger partial charge in [-0.05, 0) is 12.5 Å². The molecular weight excluding hydrogens is 190 g/mol. The maximum Gasteiger partial charge on any atom is 0.239 e. The van der Waals surface area contributed by atoms with Crippen LogP contribution in [0.3, 0.4) is 0 Å². The van der Waals surface area contributed by atoms with E-state index in [4.69, 9.17) is 6.85 Å². The molecule has 1 aliphatic rings. The van der Waals surface area contributed by atoms with Gasteiger partial charge in [0.1, 0.15) is 0 Å². The minimum Gasteiger partial charge on any atom is -0.285 e. The summed E-state index contributed by atoms with van der Waals surface area (Å²) in [4.78, 5) is 24.8. The molecule has 15 heavy (non-hydrogen) atoms. The molecule has 0 bridgehead atoms. The molecule has 0 aliphatic carbocycles. The van der Waals surface area contributed by atoms with Crippen LogP contribution in [-0.4, -0.2) is 23.8 Å². The lowest BCUT2D eigenvalue weighted by Crippen LogP contribution is -2.33. The van der Waals surface area contributed by atoms with Crippen LogP contribution in [0, 0.1) is 0 Å². The molecule has 0 radical (unpaired) electrons. The first-order chi connectivity index (χ1) is 9.12. The van der Waals surface area contributed by atoms with Crippen LogP contribution >= 0.6 is 0 Å². The molecule has 2 rings (SSSR count). The first-order valence-corrected chi connectivity index (χ1v) is 4.51. The standard InChI is InChI=1S/C12H13NO2/c1-12(9-6-4-3-5-7-9)8-10(14)13(2)11(12)15/h3-7H,8H2,1-2H3/i3D,4D,5D,6D,7D. The van der Waals surface area contributed by atoms with Gasteiger partial charge in [-0.3, -0.25) is 14.5 Å². The van der Waals surface area contributed by atoms with E-state index in [0.717, 1.165) is 4.90 Å². The number of nitrogens with zero attached hydrogens (tertiary/aromatic N) is 1. The van der Waals surface area contributed by atoms with Gasteiger partial charge >= 0.3 is 0 Å². The number of hydrogen-bond acceptors (Lipinski definition) is 2. The largest absolute Gasteiger partial charge is 0.285 e. The molecular formula is C12H13NO2. The summed E-state index contributed by atoms with van der Waals surface area (Å²) < 4.78 is 38.6. The van der Waals surface area contributed by atoms with Gasteiger partial charge < -0.3 is 0 Å². The molecule has 1 saturated heterocycles. The van der Waals surface area contributed by atoms with Crippen LogP contribution in [0.25, 0.3) is 0 Å². The molecule has 3 heteroatoms. The van der Waals surface area contributed by atoms with Crippen LogP contribution in [0.4, 0.5) is 0 Å². The molecule has 3 nitrogen and oxygen atoms in total. The van der Waals surface area contributed by atoms with Crippen molar-refractivity contribution < 1.29 is 16.4 Å². The van der Waals surface area contributed by atoms with Gasteiger partial charge in [-0.2, -0.15) is 0 Å². The number of hydrogen-bond donors (Lipinski definition) is 0. The highest BCUT2D eigenvalue weighted by atomic mass is 16.2. The van der Waals surface area contributed by atoms with Crippen molar-refractivity contribution in [3.63, 3.8) is 0 Å². The number of amides is 2. The van der Waals surface area contributed by atoms with Gasteiger partial charge in [0.15, 0.2) is 0 Å². The Morgan fingerprint density at radius 2 is 1.93 bits per heavy atom. The number of likely N-dealkylation sites (N-methyl/N-ethyl adjacent to an activating group) is 1. The zero-order valence-electron chi connectivity index (χ0n) is 13.5. The molecule has 0 N–H and O–H groups in total. The summed E-state index contributed by atoms with van der Waals surface area (Å²) in [5.41, 5.74) is -1.54. The smallest absolute Gasteiger partial charge is 0.239 e. The monoisotopic (exact) mass is 208 g/mol. The first-order valence-electron chi connectivity index (χ1n) is 7.01. The SMILES string of the molecule is [2H]c1c([2H])c([2H])c(C2(C)CC(=O)N(C)C2=O)c([2H])c1[2H]. The highest BCUT2D eigenvalue weighted by Crippen LogP contribution is 2.35. The van der Waals surface area contributed by atoms with Crippen LogP contribution in [0.2, 0.25) is 0 Å². The zero-order valence-corrected chi connectivity index (χ0v) is 8.47. The van der Waals surface area contributed by atoms with E-state index >= 15 is 0 Å². The molecule has 0 aromatic heterocycles. The predicted molar refractivity (Wildman–Crippen MR) is 56.2 cm³/mol. The average Bonchev–Trinajstić information content (AvgIpc) is 2.59. The van der Waals surface area contributed by atoms with Gasteiger partial charge in [-0.15, -0.1) is 0 Å². The summed E-state index contributed by atoms with van der Waals surface area (Å²) >= 11 is 0. The van der Waals surface area contributed by atoms with Crippen molar-refractivity contribution in [1.82, 2.24) is 4.90 Å². The zero-order chi connectivity index (χ0) is 15.4. The van der Waals surface area contributed by atoms with Crippen LogP contribution in [0.1, 0.15) is 25.8 Å². The highest BCUT2D eigenvalue weighted by Gasteiger charge is 2.47. The Labute approximate surface area is 95.7 Å². The van der Waals surface area contributed by atoms with Crippen molar-refractivity contribution in [1.29, 1.82) is 0 Å². The molecule has 1 unspecified atom stereocenters. The van der Waals surface area contributed by atoms with E-state index in [2.05, 4.69) is 0 Å². The number of imide groups is 1. The quantitative estimate of drug-likeness (QED) is 0.653. The van der Waals surface area contributed by atoms with Gasteiger partial charge in [0.2, 0.25) is 11.8 Å². The maximum absolute atomic E-state index is 12.2. The van der Waals surface area contributed by atoms with Crippen molar-refractivity contribution in [2.75, 3.05) is 7.05 Å². The Kier molecular flexibility index (Phi) is 1.16. The van der Waals surface area contributed by atoms with Gasteiger partial charge in [0.25, 0.3) is 0 Å². The lowest BCUT2D eigenvalue weighted by atomic mass is 9.81. The highest BCUT2D eigenvalue weighted by molar-refractivity contribution is 6.08. The number of carbonyl (C=O) groups is 2. The number of likely N-dealkylation sites (tertiary alicyclic amines) is 1. The molecule has 1 aliphatic heterocycles. The van der Waals surface area contributed by atoms with Gasteiger partial charge in [0, 0.05) is 13.5 Å². The second-order valence-electron chi connectivity index (χ2n) is 3.77. The first kappa shape index (κ1) is 5.45. The minimum atomic E-state index is -1.42. The Bertz CT molecular complexity index is 616. The second-order valence-corrected chi connectivity index (χ2v) is 3.77. The molecule has 1 fully saturated rings. The molecule has 0 saturated carbocycles. The predicted octanol–water partition coefficient (Wildman–Crippen LogP) is 1.33. The third-order valence-corrected chi connectivity index (χ3v) is 2.71. The van der Waals surface area contributed by atoms with E-state index in [9.17, 15) is 9.59 Å². The minimum absolute atomic E-state index is 0.119. The fraction of sp³-hybridized carbons (Fsp3) is 0.333. The topological polar surface area (TPSA) is 37.4 Å². The second kappa shape index (κ2) is 3.19. The average molecular weight is 208 g/mol. The summed E-state index contributed by atoms with van der Waals surface area (Å²) in [6, 6.07) is -2.39. The molecule has 1 aromatic rings. The van der Waals surface area contributed by atoms with Crippen molar-refractivity contribution in [2.24, 2.45) is 0 Å². The fourth-order valence-corrected chi connectivity index (χ4v) is 1.70. The van der Waals surface area contributed by atoms with Gasteiger partial charge in [-0.1, -0.05) is 30.2 Å².